The first-order valence-electron chi connectivity index (χ1n) is 8.65. The molecule has 2 aliphatic rings. The van der Waals surface area contributed by atoms with Crippen LogP contribution in [0.25, 0.3) is 0 Å². The van der Waals surface area contributed by atoms with Crippen molar-refractivity contribution in [1.82, 2.24) is 9.97 Å². The fourth-order valence-corrected chi connectivity index (χ4v) is 5.17. The Balaban J connectivity index is 1.73. The Morgan fingerprint density at radius 2 is 2.21 bits per heavy atom. The van der Waals surface area contributed by atoms with Crippen LogP contribution in [-0.2, 0) is 14.6 Å². The van der Waals surface area contributed by atoms with Crippen molar-refractivity contribution >= 4 is 21.5 Å². The zero-order valence-electron chi connectivity index (χ0n) is 14.4. The lowest BCUT2D eigenvalue weighted by Gasteiger charge is -2.28. The number of nitrogens with zero attached hydrogens (tertiary/aromatic N) is 3. The minimum Gasteiger partial charge on any atom is -0.376 e. The van der Waals surface area contributed by atoms with E-state index >= 15 is 0 Å². The molecule has 2 unspecified atom stereocenters. The van der Waals surface area contributed by atoms with E-state index in [2.05, 4.69) is 20.2 Å². The van der Waals surface area contributed by atoms with Crippen molar-refractivity contribution in [1.29, 1.82) is 0 Å². The van der Waals surface area contributed by atoms with Crippen molar-refractivity contribution in [2.24, 2.45) is 0 Å². The van der Waals surface area contributed by atoms with Crippen molar-refractivity contribution in [3.05, 3.63) is 11.9 Å². The molecular weight excluding hydrogens is 328 g/mol. The first-order valence-corrected chi connectivity index (χ1v) is 10.5. The topological polar surface area (TPSA) is 84.4 Å². The van der Waals surface area contributed by atoms with Crippen LogP contribution in [0.1, 0.15) is 32.0 Å². The standard InChI is InChI=1S/C16H26N4O3S/c1-3-20(13-6-8-24(21,22)11-13)16-9-15(18-12(2)19-16)17-10-14-5-4-7-23-14/h9,13-14H,3-8,10-11H2,1-2H3,(H,17,18,19). The molecule has 0 aliphatic carbocycles. The highest BCUT2D eigenvalue weighted by molar-refractivity contribution is 7.91. The molecule has 2 atom stereocenters. The van der Waals surface area contributed by atoms with Crippen LogP contribution in [-0.4, -0.2) is 61.7 Å². The molecule has 0 amide bonds. The number of aromatic nitrogens is 2. The third-order valence-electron chi connectivity index (χ3n) is 4.64. The van der Waals surface area contributed by atoms with E-state index < -0.39 is 9.84 Å². The van der Waals surface area contributed by atoms with Crippen LogP contribution in [0, 0.1) is 6.92 Å². The molecule has 0 radical (unpaired) electrons. The average molecular weight is 354 g/mol. The molecule has 0 bridgehead atoms. The van der Waals surface area contributed by atoms with E-state index in [1.165, 1.54) is 0 Å². The van der Waals surface area contributed by atoms with Gasteiger partial charge in [-0.15, -0.1) is 0 Å². The molecule has 0 saturated carbocycles. The van der Waals surface area contributed by atoms with E-state index in [0.717, 1.165) is 44.2 Å². The quantitative estimate of drug-likeness (QED) is 0.826. The maximum absolute atomic E-state index is 11.8. The third-order valence-corrected chi connectivity index (χ3v) is 6.39. The van der Waals surface area contributed by atoms with Crippen molar-refractivity contribution in [3.8, 4) is 0 Å². The zero-order chi connectivity index (χ0) is 17.2. The van der Waals surface area contributed by atoms with E-state index in [4.69, 9.17) is 4.74 Å². The second kappa shape index (κ2) is 7.23. The molecule has 134 valence electrons. The van der Waals surface area contributed by atoms with Crippen LogP contribution >= 0.6 is 0 Å². The summed E-state index contributed by atoms with van der Waals surface area (Å²) in [5.74, 6) is 2.72. The van der Waals surface area contributed by atoms with Crippen LogP contribution in [0.5, 0.6) is 0 Å². The number of sulfone groups is 1. The van der Waals surface area contributed by atoms with Crippen LogP contribution < -0.4 is 10.2 Å². The van der Waals surface area contributed by atoms with Gasteiger partial charge in [-0.2, -0.15) is 0 Å². The summed E-state index contributed by atoms with van der Waals surface area (Å²) in [6, 6.07) is 1.91. The van der Waals surface area contributed by atoms with E-state index in [1.807, 2.05) is 19.9 Å². The number of aryl methyl sites for hydroxylation is 1. The second-order valence-electron chi connectivity index (χ2n) is 6.52. The van der Waals surface area contributed by atoms with Crippen LogP contribution in [0.15, 0.2) is 6.07 Å². The number of rotatable bonds is 6. The van der Waals surface area contributed by atoms with Crippen molar-refractivity contribution < 1.29 is 13.2 Å². The number of nitrogens with one attached hydrogen (secondary N) is 1. The predicted molar refractivity (Wildman–Crippen MR) is 94.3 cm³/mol. The van der Waals surface area contributed by atoms with Crippen LogP contribution in [0.2, 0.25) is 0 Å². The Morgan fingerprint density at radius 3 is 2.83 bits per heavy atom. The normalized spacial score (nSPS) is 25.8. The van der Waals surface area contributed by atoms with Gasteiger partial charge in [-0.1, -0.05) is 0 Å². The lowest BCUT2D eigenvalue weighted by Crippen LogP contribution is -2.37. The van der Waals surface area contributed by atoms with Gasteiger partial charge in [0.2, 0.25) is 0 Å². The Kier molecular flexibility index (Phi) is 5.24. The summed E-state index contributed by atoms with van der Waals surface area (Å²) in [4.78, 5) is 11.0. The molecule has 2 aliphatic heterocycles. The number of anilines is 2. The van der Waals surface area contributed by atoms with Gasteiger partial charge >= 0.3 is 0 Å². The maximum atomic E-state index is 11.8. The van der Waals surface area contributed by atoms with Gasteiger partial charge in [0.25, 0.3) is 0 Å². The lowest BCUT2D eigenvalue weighted by atomic mass is 10.2. The first kappa shape index (κ1) is 17.4. The fraction of sp³-hybridized carbons (Fsp3) is 0.750. The molecule has 3 rings (SSSR count). The van der Waals surface area contributed by atoms with Gasteiger partial charge < -0.3 is 15.0 Å². The molecule has 0 spiro atoms. The number of hydrogen-bond acceptors (Lipinski definition) is 7. The molecule has 8 heteroatoms. The number of hydrogen-bond donors (Lipinski definition) is 1. The van der Waals surface area contributed by atoms with Gasteiger partial charge in [0.1, 0.15) is 17.5 Å². The fourth-order valence-electron chi connectivity index (χ4n) is 3.44. The molecule has 24 heavy (non-hydrogen) atoms. The molecule has 0 aromatic carbocycles. The SMILES string of the molecule is CCN(c1cc(NCC2CCCO2)nc(C)n1)C1CCS(=O)(=O)C1. The maximum Gasteiger partial charge on any atom is 0.152 e. The highest BCUT2D eigenvalue weighted by Gasteiger charge is 2.32. The van der Waals surface area contributed by atoms with Gasteiger partial charge in [0.15, 0.2) is 9.84 Å². The monoisotopic (exact) mass is 354 g/mol. The minimum absolute atomic E-state index is 0.000292. The van der Waals surface area contributed by atoms with E-state index in [-0.39, 0.29) is 23.7 Å². The van der Waals surface area contributed by atoms with Gasteiger partial charge in [0.05, 0.1) is 17.6 Å². The summed E-state index contributed by atoms with van der Waals surface area (Å²) in [7, 11) is -2.92. The highest BCUT2D eigenvalue weighted by atomic mass is 32.2. The van der Waals surface area contributed by atoms with Gasteiger partial charge in [-0.3, -0.25) is 0 Å². The van der Waals surface area contributed by atoms with E-state index in [1.54, 1.807) is 0 Å². The molecule has 7 nitrogen and oxygen atoms in total. The largest absolute Gasteiger partial charge is 0.376 e. The van der Waals surface area contributed by atoms with Crippen molar-refractivity contribution in [2.45, 2.75) is 45.3 Å². The van der Waals surface area contributed by atoms with E-state index in [9.17, 15) is 8.42 Å². The minimum atomic E-state index is -2.92. The molecule has 1 N–H and O–H groups in total. The Morgan fingerprint density at radius 1 is 1.38 bits per heavy atom. The molecule has 3 heterocycles. The Labute approximate surface area is 143 Å². The summed E-state index contributed by atoms with van der Waals surface area (Å²) >= 11 is 0. The second-order valence-corrected chi connectivity index (χ2v) is 8.75. The van der Waals surface area contributed by atoms with Gasteiger partial charge in [-0.05, 0) is 33.1 Å². The summed E-state index contributed by atoms with van der Waals surface area (Å²) in [6.07, 6.45) is 3.09. The zero-order valence-corrected chi connectivity index (χ0v) is 15.2. The van der Waals surface area contributed by atoms with Crippen LogP contribution in [0.3, 0.4) is 0 Å². The third kappa shape index (κ3) is 4.16. The Hall–Kier alpha value is -1.41. The van der Waals surface area contributed by atoms with Crippen LogP contribution in [0.4, 0.5) is 11.6 Å². The smallest absolute Gasteiger partial charge is 0.152 e. The molecular formula is C16H26N4O3S. The van der Waals surface area contributed by atoms with Crippen molar-refractivity contribution in [3.63, 3.8) is 0 Å². The van der Waals surface area contributed by atoms with Gasteiger partial charge in [0, 0.05) is 31.8 Å². The predicted octanol–water partition coefficient (Wildman–Crippen LogP) is 1.39. The summed E-state index contributed by atoms with van der Waals surface area (Å²) in [5.41, 5.74) is 0. The summed E-state index contributed by atoms with van der Waals surface area (Å²) < 4.78 is 29.2. The van der Waals surface area contributed by atoms with Gasteiger partial charge in [-0.25, -0.2) is 18.4 Å². The van der Waals surface area contributed by atoms with Crippen molar-refractivity contribution in [2.75, 3.05) is 41.4 Å². The summed E-state index contributed by atoms with van der Waals surface area (Å²) in [6.45, 7) is 6.18. The average Bonchev–Trinajstić information content (AvgIpc) is 3.15. The molecule has 1 aromatic heterocycles. The molecule has 2 saturated heterocycles. The molecule has 2 fully saturated rings. The Bertz CT molecular complexity index is 674. The first-order chi connectivity index (χ1) is 11.5. The lowest BCUT2D eigenvalue weighted by molar-refractivity contribution is 0.120. The summed E-state index contributed by atoms with van der Waals surface area (Å²) in [5, 5.41) is 3.33. The van der Waals surface area contributed by atoms with E-state index in [0.29, 0.717) is 12.2 Å². The highest BCUT2D eigenvalue weighted by Crippen LogP contribution is 2.24. The molecule has 1 aromatic rings. The number of ether oxygens (including phenoxy) is 1.